The van der Waals surface area contributed by atoms with E-state index in [0.29, 0.717) is 36.6 Å². The summed E-state index contributed by atoms with van der Waals surface area (Å²) in [4.78, 5) is 34.1. The molecule has 39 heavy (non-hydrogen) atoms. The van der Waals surface area contributed by atoms with Crippen molar-refractivity contribution in [3.8, 4) is 11.5 Å². The number of carbonyl (C=O) groups excluding carboxylic acids is 2. The predicted molar refractivity (Wildman–Crippen MR) is 155 cm³/mol. The van der Waals surface area contributed by atoms with Gasteiger partial charge in [0.1, 0.15) is 6.54 Å². The fourth-order valence-corrected chi connectivity index (χ4v) is 5.11. The van der Waals surface area contributed by atoms with E-state index in [-0.39, 0.29) is 24.4 Å². The molecule has 0 atom stereocenters. The Morgan fingerprint density at radius 1 is 0.974 bits per heavy atom. The van der Waals surface area contributed by atoms with Crippen LogP contribution in [0.5, 0.6) is 11.5 Å². The maximum Gasteiger partial charge on any atom is 0.254 e. The molecular formula is C31H32BrN3O4. The number of carbonyl (C=O) groups is 2. The van der Waals surface area contributed by atoms with Gasteiger partial charge in [-0.25, -0.2) is 0 Å². The van der Waals surface area contributed by atoms with Gasteiger partial charge in [-0.1, -0.05) is 40.2 Å². The number of nitrogens with one attached hydrogen (secondary N) is 1. The van der Waals surface area contributed by atoms with Gasteiger partial charge in [-0.2, -0.15) is 0 Å². The molecule has 1 saturated carbocycles. The lowest BCUT2D eigenvalue weighted by atomic mass is 10.1. The predicted octanol–water partition coefficient (Wildman–Crippen LogP) is 5.82. The molecule has 0 unspecified atom stereocenters. The van der Waals surface area contributed by atoms with Crippen LogP contribution in [0.15, 0.2) is 77.4 Å². The van der Waals surface area contributed by atoms with Gasteiger partial charge < -0.3 is 24.3 Å². The van der Waals surface area contributed by atoms with Crippen LogP contribution in [0.25, 0.3) is 10.9 Å². The number of hydrogen-bond donors (Lipinski definition) is 1. The van der Waals surface area contributed by atoms with Gasteiger partial charge >= 0.3 is 0 Å². The van der Waals surface area contributed by atoms with Crippen LogP contribution in [0.1, 0.15) is 34.3 Å². The SMILES string of the molecule is COc1ccc(CN(CCc2c[nH]c3ccccc23)C(=O)CN(C(=O)c2ccc(Br)cc2)C2CC2)cc1OC. The Hall–Kier alpha value is -3.78. The number of fused-ring (bicyclic) bond motifs is 1. The second kappa shape index (κ2) is 11.9. The number of para-hydroxylation sites is 1. The second-order valence-corrected chi connectivity index (χ2v) is 10.7. The van der Waals surface area contributed by atoms with Crippen molar-refractivity contribution in [1.82, 2.24) is 14.8 Å². The van der Waals surface area contributed by atoms with E-state index in [1.807, 2.05) is 59.6 Å². The van der Waals surface area contributed by atoms with Gasteiger partial charge in [0, 0.05) is 46.3 Å². The van der Waals surface area contributed by atoms with Crippen LogP contribution < -0.4 is 9.47 Å². The Kier molecular flexibility index (Phi) is 8.21. The summed E-state index contributed by atoms with van der Waals surface area (Å²) in [6.07, 6.45) is 4.53. The molecule has 3 aromatic carbocycles. The lowest BCUT2D eigenvalue weighted by molar-refractivity contribution is -0.132. The molecule has 0 bridgehead atoms. The van der Waals surface area contributed by atoms with Gasteiger partial charge in [-0.05, 0) is 72.9 Å². The van der Waals surface area contributed by atoms with Crippen molar-refractivity contribution in [3.63, 3.8) is 0 Å². The molecule has 5 rings (SSSR count). The summed E-state index contributed by atoms with van der Waals surface area (Å²) in [5.41, 5.74) is 3.74. The molecule has 1 aromatic heterocycles. The van der Waals surface area contributed by atoms with Crippen LogP contribution in [0, 0.1) is 0 Å². The zero-order valence-corrected chi connectivity index (χ0v) is 23.7. The van der Waals surface area contributed by atoms with Crippen molar-refractivity contribution in [2.45, 2.75) is 31.8 Å². The largest absolute Gasteiger partial charge is 0.493 e. The normalized spacial score (nSPS) is 12.8. The first kappa shape index (κ1) is 26.8. The standard InChI is InChI=1S/C31H32BrN3O4/c1-38-28-14-7-21(17-29(28)39-2)19-34(16-15-23-18-33-27-6-4-3-5-26(23)27)30(36)20-35(25-12-13-25)31(37)22-8-10-24(32)11-9-22/h3-11,14,17-18,25,33H,12-13,15-16,19-20H2,1-2H3. The van der Waals surface area contributed by atoms with Crippen LogP contribution in [-0.4, -0.2) is 59.9 Å². The highest BCUT2D eigenvalue weighted by molar-refractivity contribution is 9.10. The molecule has 0 saturated heterocycles. The monoisotopic (exact) mass is 589 g/mol. The maximum atomic E-state index is 13.8. The highest BCUT2D eigenvalue weighted by Crippen LogP contribution is 2.30. The molecule has 2 amide bonds. The third kappa shape index (κ3) is 6.28. The molecule has 1 N–H and O–H groups in total. The van der Waals surface area contributed by atoms with Crippen molar-refractivity contribution < 1.29 is 19.1 Å². The van der Waals surface area contributed by atoms with Crippen LogP contribution in [0.3, 0.4) is 0 Å². The Morgan fingerprint density at radius 2 is 1.72 bits per heavy atom. The van der Waals surface area contributed by atoms with Crippen molar-refractivity contribution in [1.29, 1.82) is 0 Å². The Balaban J connectivity index is 1.38. The minimum absolute atomic E-state index is 0.0424. The van der Waals surface area contributed by atoms with Gasteiger partial charge in [0.2, 0.25) is 5.91 Å². The molecular weight excluding hydrogens is 558 g/mol. The molecule has 7 nitrogen and oxygen atoms in total. The molecule has 202 valence electrons. The smallest absolute Gasteiger partial charge is 0.254 e. The van der Waals surface area contributed by atoms with Crippen LogP contribution in [0.4, 0.5) is 0 Å². The van der Waals surface area contributed by atoms with E-state index in [0.717, 1.165) is 39.3 Å². The van der Waals surface area contributed by atoms with Crippen molar-refractivity contribution in [2.75, 3.05) is 27.3 Å². The zero-order chi connectivity index (χ0) is 27.4. The number of aromatic amines is 1. The van der Waals surface area contributed by atoms with E-state index < -0.39 is 0 Å². The molecule has 1 fully saturated rings. The molecule has 0 radical (unpaired) electrons. The summed E-state index contributed by atoms with van der Waals surface area (Å²) >= 11 is 3.43. The summed E-state index contributed by atoms with van der Waals surface area (Å²) in [6.45, 7) is 0.952. The molecule has 0 spiro atoms. The van der Waals surface area contributed by atoms with Crippen molar-refractivity contribution in [3.05, 3.63) is 94.1 Å². The second-order valence-electron chi connectivity index (χ2n) is 9.79. The topological polar surface area (TPSA) is 74.9 Å². The van der Waals surface area contributed by atoms with E-state index in [4.69, 9.17) is 9.47 Å². The maximum absolute atomic E-state index is 13.8. The molecule has 1 aliphatic rings. The number of benzene rings is 3. The molecule has 8 heteroatoms. The highest BCUT2D eigenvalue weighted by Gasteiger charge is 2.35. The Morgan fingerprint density at radius 3 is 2.44 bits per heavy atom. The lowest BCUT2D eigenvalue weighted by Crippen LogP contribution is -2.44. The number of amides is 2. The Bertz CT molecular complexity index is 1460. The zero-order valence-electron chi connectivity index (χ0n) is 22.2. The Labute approximate surface area is 236 Å². The van der Waals surface area contributed by atoms with Gasteiger partial charge in [0.15, 0.2) is 11.5 Å². The molecule has 1 heterocycles. The fourth-order valence-electron chi connectivity index (χ4n) is 4.84. The molecule has 4 aromatic rings. The number of ether oxygens (including phenoxy) is 2. The fraction of sp³-hybridized carbons (Fsp3) is 0.290. The van der Waals surface area contributed by atoms with Crippen LogP contribution in [-0.2, 0) is 17.8 Å². The third-order valence-electron chi connectivity index (χ3n) is 7.15. The minimum atomic E-state index is -0.110. The van der Waals surface area contributed by atoms with Crippen molar-refractivity contribution >= 4 is 38.6 Å². The molecule has 1 aliphatic carbocycles. The van der Waals surface area contributed by atoms with E-state index in [9.17, 15) is 9.59 Å². The number of rotatable bonds is 11. The summed E-state index contributed by atoms with van der Waals surface area (Å²) in [5, 5.41) is 1.15. The third-order valence-corrected chi connectivity index (χ3v) is 7.67. The average Bonchev–Trinajstić information content (AvgIpc) is 3.73. The first-order valence-corrected chi connectivity index (χ1v) is 13.9. The number of nitrogens with zero attached hydrogens (tertiary/aromatic N) is 2. The first-order valence-electron chi connectivity index (χ1n) is 13.1. The van der Waals surface area contributed by atoms with Gasteiger partial charge in [-0.15, -0.1) is 0 Å². The van der Waals surface area contributed by atoms with E-state index >= 15 is 0 Å². The highest BCUT2D eigenvalue weighted by atomic mass is 79.9. The number of hydrogen-bond acceptors (Lipinski definition) is 4. The van der Waals surface area contributed by atoms with Crippen molar-refractivity contribution in [2.24, 2.45) is 0 Å². The summed E-state index contributed by atoms with van der Waals surface area (Å²) < 4.78 is 11.8. The number of halogens is 1. The quantitative estimate of drug-likeness (QED) is 0.239. The van der Waals surface area contributed by atoms with Gasteiger partial charge in [0.05, 0.1) is 14.2 Å². The lowest BCUT2D eigenvalue weighted by Gasteiger charge is -2.28. The first-order chi connectivity index (χ1) is 19.0. The number of aromatic nitrogens is 1. The van der Waals surface area contributed by atoms with Crippen LogP contribution >= 0.6 is 15.9 Å². The summed E-state index contributed by atoms with van der Waals surface area (Å²) in [7, 11) is 3.20. The van der Waals surface area contributed by atoms with E-state index in [1.54, 1.807) is 31.3 Å². The molecule has 0 aliphatic heterocycles. The number of methoxy groups -OCH3 is 2. The van der Waals surface area contributed by atoms with E-state index in [1.165, 1.54) is 0 Å². The van der Waals surface area contributed by atoms with Gasteiger partial charge in [0.25, 0.3) is 5.91 Å². The number of H-pyrrole nitrogens is 1. The average molecular weight is 591 g/mol. The van der Waals surface area contributed by atoms with Gasteiger partial charge in [-0.3, -0.25) is 9.59 Å². The summed E-state index contributed by atoms with van der Waals surface area (Å²) in [6, 6.07) is 21.3. The van der Waals surface area contributed by atoms with Crippen LogP contribution in [0.2, 0.25) is 0 Å². The summed E-state index contributed by atoms with van der Waals surface area (Å²) in [5.74, 6) is 1.06. The minimum Gasteiger partial charge on any atom is -0.493 e. The van der Waals surface area contributed by atoms with E-state index in [2.05, 4.69) is 27.0 Å².